The van der Waals surface area contributed by atoms with Gasteiger partial charge in [0, 0.05) is 17.9 Å². The molecule has 1 aromatic rings. The Morgan fingerprint density at radius 1 is 1.10 bits per heavy atom. The van der Waals surface area contributed by atoms with E-state index in [0.717, 1.165) is 35.4 Å². The number of hydrogen-bond acceptors (Lipinski definition) is 3. The van der Waals surface area contributed by atoms with Gasteiger partial charge in [0.05, 0.1) is 6.61 Å². The summed E-state index contributed by atoms with van der Waals surface area (Å²) < 4.78 is 11.1. The van der Waals surface area contributed by atoms with E-state index in [9.17, 15) is 4.79 Å². The molecule has 1 aromatic carbocycles. The van der Waals surface area contributed by atoms with Gasteiger partial charge >= 0.3 is 5.97 Å². The van der Waals surface area contributed by atoms with Gasteiger partial charge < -0.3 is 14.8 Å². The first-order chi connectivity index (χ1) is 14.6. The highest BCUT2D eigenvalue weighted by Crippen LogP contribution is 2.32. The Hall–Kier alpha value is -2.33. The lowest BCUT2D eigenvalue weighted by Crippen LogP contribution is -2.21. The zero-order chi connectivity index (χ0) is 21.6. The normalized spacial score (nSPS) is 16.2. The number of ether oxygens (including phenoxy) is 2. The van der Waals surface area contributed by atoms with Crippen LogP contribution in [0.2, 0.25) is 0 Å². The lowest BCUT2D eigenvalue weighted by atomic mass is 10.0. The molecule has 0 bridgehead atoms. The molecule has 0 amide bonds. The van der Waals surface area contributed by atoms with Crippen LogP contribution in [-0.2, 0) is 9.53 Å². The molecule has 4 heteroatoms. The van der Waals surface area contributed by atoms with Gasteiger partial charge in [-0.05, 0) is 37.1 Å². The molecule has 0 saturated carbocycles. The summed E-state index contributed by atoms with van der Waals surface area (Å²) >= 11 is 0. The van der Waals surface area contributed by atoms with Crippen LogP contribution in [0.15, 0.2) is 53.6 Å². The van der Waals surface area contributed by atoms with Crippen molar-refractivity contribution >= 4 is 12.0 Å². The van der Waals surface area contributed by atoms with Gasteiger partial charge in [-0.15, -0.1) is 6.54 Å². The number of para-hydroxylation sites is 1. The number of rotatable bonds is 13. The largest absolute Gasteiger partial charge is 0.622 e. The Labute approximate surface area is 182 Å². The molecule has 0 spiro atoms. The second kappa shape index (κ2) is 13.8. The van der Waals surface area contributed by atoms with Crippen molar-refractivity contribution in [3.63, 3.8) is 0 Å². The third-order valence-electron chi connectivity index (χ3n) is 4.99. The average Bonchev–Trinajstić information content (AvgIpc) is 2.74. The lowest BCUT2D eigenvalue weighted by molar-refractivity contribution is -0.137. The number of unbranched alkanes of at least 4 members (excludes halogenated alkanes) is 6. The number of nitrogens with zero attached hydrogens (tertiary/aromatic N) is 1. The Kier molecular flexibility index (Phi) is 11.0. The summed E-state index contributed by atoms with van der Waals surface area (Å²) in [4.78, 5) is 11.6. The highest BCUT2D eigenvalue weighted by atomic mass is 16.5. The number of fused-ring (bicyclic) bond motifs is 1. The Balaban J connectivity index is 1.94. The topological polar surface area (TPSA) is 49.6 Å². The Bertz CT molecular complexity index is 748. The van der Waals surface area contributed by atoms with Crippen LogP contribution in [0, 0.1) is 0 Å². The van der Waals surface area contributed by atoms with E-state index in [-0.39, 0.29) is 12.2 Å². The molecule has 0 fully saturated rings. The van der Waals surface area contributed by atoms with Crippen molar-refractivity contribution in [2.24, 2.45) is 0 Å². The summed E-state index contributed by atoms with van der Waals surface area (Å²) in [5.41, 5.74) is 2.87. The smallest absolute Gasteiger partial charge is 0.330 e. The molecule has 1 unspecified atom stereocenters. The fourth-order valence-electron chi connectivity index (χ4n) is 3.34. The molecule has 0 saturated heterocycles. The van der Waals surface area contributed by atoms with E-state index in [4.69, 9.17) is 14.8 Å². The van der Waals surface area contributed by atoms with Gasteiger partial charge in [0.2, 0.25) is 0 Å². The van der Waals surface area contributed by atoms with E-state index in [0.29, 0.717) is 6.61 Å². The quantitative estimate of drug-likeness (QED) is 0.153. The van der Waals surface area contributed by atoms with E-state index >= 15 is 0 Å². The number of allylic oxidation sites excluding steroid dienone is 2. The predicted molar refractivity (Wildman–Crippen MR) is 125 cm³/mol. The minimum Gasteiger partial charge on any atom is -0.622 e. The molecular weight excluding hydrogens is 374 g/mol. The first-order valence-electron chi connectivity index (χ1n) is 11.3. The number of esters is 1. The molecule has 0 aromatic heterocycles. The fourth-order valence-corrected chi connectivity index (χ4v) is 3.34. The molecule has 30 heavy (non-hydrogen) atoms. The minimum absolute atomic E-state index is 0.313. The van der Waals surface area contributed by atoms with Gasteiger partial charge in [-0.2, -0.15) is 0 Å². The molecule has 1 atom stereocenters. The first kappa shape index (κ1) is 23.9. The van der Waals surface area contributed by atoms with E-state index < -0.39 is 0 Å². The van der Waals surface area contributed by atoms with Crippen LogP contribution in [0.1, 0.15) is 71.3 Å². The van der Waals surface area contributed by atoms with Crippen LogP contribution >= 0.6 is 0 Å². The fraction of sp³-hybridized carbons (Fsp3) is 0.500. The molecule has 0 radical (unpaired) electrons. The number of carbonyl (C=O) groups excluding carboxylic acids is 1. The molecule has 164 valence electrons. The third-order valence-corrected chi connectivity index (χ3v) is 4.99. The molecule has 0 N–H and O–H groups in total. The van der Waals surface area contributed by atoms with Crippen LogP contribution in [0.5, 0.6) is 5.75 Å². The van der Waals surface area contributed by atoms with Crippen LogP contribution < -0.4 is 4.74 Å². The second-order valence-electron chi connectivity index (χ2n) is 7.65. The highest BCUT2D eigenvalue weighted by molar-refractivity contribution is 5.83. The summed E-state index contributed by atoms with van der Waals surface area (Å²) in [6, 6.07) is 8.00. The van der Waals surface area contributed by atoms with Crippen molar-refractivity contribution < 1.29 is 14.3 Å². The minimum atomic E-state index is -0.320. The summed E-state index contributed by atoms with van der Waals surface area (Å²) in [6.45, 7) is 7.10. The zero-order valence-corrected chi connectivity index (χ0v) is 18.7. The maximum absolute atomic E-state index is 11.6. The van der Waals surface area contributed by atoms with Crippen molar-refractivity contribution in [3.05, 3.63) is 64.5 Å². The SMILES string of the molecule is CCCCCCCCC[N-]C1Oc2ccccc2C=C1/C=C/C(C)=C/C(=O)OCC. The second-order valence-corrected chi connectivity index (χ2v) is 7.65. The van der Waals surface area contributed by atoms with E-state index in [2.05, 4.69) is 13.0 Å². The Morgan fingerprint density at radius 2 is 1.83 bits per heavy atom. The third kappa shape index (κ3) is 8.58. The monoisotopic (exact) mass is 410 g/mol. The Morgan fingerprint density at radius 3 is 2.60 bits per heavy atom. The van der Waals surface area contributed by atoms with Gasteiger partial charge in [0.25, 0.3) is 0 Å². The molecule has 4 nitrogen and oxygen atoms in total. The summed E-state index contributed by atoms with van der Waals surface area (Å²) in [5, 5.41) is 4.81. The maximum atomic E-state index is 11.6. The summed E-state index contributed by atoms with van der Waals surface area (Å²) in [6.07, 6.45) is 16.1. The average molecular weight is 411 g/mol. The summed E-state index contributed by atoms with van der Waals surface area (Å²) in [7, 11) is 0. The number of hydrogen-bond donors (Lipinski definition) is 0. The van der Waals surface area contributed by atoms with Gasteiger partial charge in [-0.25, -0.2) is 4.79 Å². The molecule has 0 aliphatic carbocycles. The van der Waals surface area contributed by atoms with Gasteiger partial charge in [-0.3, -0.25) is 0 Å². The standard InChI is InChI=1S/C26H36NO3/c1-4-6-7-8-9-10-13-18-27-26-23(17-16-21(3)19-25(28)29-5-2)20-22-14-11-12-15-24(22)30-26/h11-12,14-17,19-20,26H,4-10,13,18H2,1-3H3/q-1/b17-16+,21-19+. The van der Waals surface area contributed by atoms with Crippen molar-refractivity contribution in [1.82, 2.24) is 0 Å². The van der Waals surface area contributed by atoms with Crippen LogP contribution in [0.3, 0.4) is 0 Å². The van der Waals surface area contributed by atoms with Crippen molar-refractivity contribution in [3.8, 4) is 5.75 Å². The number of carbonyl (C=O) groups is 1. The molecule has 1 aliphatic rings. The van der Waals surface area contributed by atoms with E-state index in [1.54, 1.807) is 6.92 Å². The van der Waals surface area contributed by atoms with Crippen LogP contribution in [-0.4, -0.2) is 25.3 Å². The van der Waals surface area contributed by atoms with E-state index in [1.165, 1.54) is 44.6 Å². The summed E-state index contributed by atoms with van der Waals surface area (Å²) in [5.74, 6) is 0.542. The molecule has 2 rings (SSSR count). The van der Waals surface area contributed by atoms with Crippen molar-refractivity contribution in [2.45, 2.75) is 71.9 Å². The van der Waals surface area contributed by atoms with Crippen LogP contribution in [0.4, 0.5) is 0 Å². The van der Waals surface area contributed by atoms with Crippen molar-refractivity contribution in [1.29, 1.82) is 0 Å². The van der Waals surface area contributed by atoms with Crippen LogP contribution in [0.25, 0.3) is 11.4 Å². The first-order valence-corrected chi connectivity index (χ1v) is 11.3. The zero-order valence-electron chi connectivity index (χ0n) is 18.7. The molecular formula is C26H36NO3-. The van der Waals surface area contributed by atoms with Gasteiger partial charge in [-0.1, -0.05) is 82.2 Å². The highest BCUT2D eigenvalue weighted by Gasteiger charge is 2.14. The van der Waals surface area contributed by atoms with Gasteiger partial charge in [0.15, 0.2) is 0 Å². The molecule has 1 aliphatic heterocycles. The van der Waals surface area contributed by atoms with Crippen molar-refractivity contribution in [2.75, 3.05) is 13.2 Å². The van der Waals surface area contributed by atoms with E-state index in [1.807, 2.05) is 43.3 Å². The predicted octanol–water partition coefficient (Wildman–Crippen LogP) is 6.98. The molecule has 1 heterocycles. The number of benzene rings is 1. The van der Waals surface area contributed by atoms with Gasteiger partial charge in [0.1, 0.15) is 5.75 Å². The maximum Gasteiger partial charge on any atom is 0.330 e. The lowest BCUT2D eigenvalue weighted by Gasteiger charge is -2.36.